The molecule has 1 aliphatic carbocycles. The minimum absolute atomic E-state index is 0.00506. The molecule has 0 saturated heterocycles. The quantitative estimate of drug-likeness (QED) is 0.764. The molecule has 1 saturated carbocycles. The third-order valence-electron chi connectivity index (χ3n) is 3.65. The fourth-order valence-corrected chi connectivity index (χ4v) is 2.24. The minimum Gasteiger partial charge on any atom is -0.376 e. The first-order valence-corrected chi connectivity index (χ1v) is 7.81. The molecule has 2 aromatic rings. The van der Waals surface area contributed by atoms with E-state index in [9.17, 15) is 14.0 Å². The Labute approximate surface area is 139 Å². The van der Waals surface area contributed by atoms with Gasteiger partial charge in [-0.3, -0.25) is 9.59 Å². The fourth-order valence-electron chi connectivity index (χ4n) is 2.24. The Morgan fingerprint density at radius 2 is 1.75 bits per heavy atom. The Bertz CT molecular complexity index is 742. The van der Waals surface area contributed by atoms with Crippen LogP contribution in [0.1, 0.15) is 23.2 Å². The summed E-state index contributed by atoms with van der Waals surface area (Å²) in [7, 11) is 0. The van der Waals surface area contributed by atoms with Crippen LogP contribution in [0.4, 0.5) is 15.8 Å². The Hall–Kier alpha value is -2.89. The largest absolute Gasteiger partial charge is 0.376 e. The highest BCUT2D eigenvalue weighted by atomic mass is 19.1. The summed E-state index contributed by atoms with van der Waals surface area (Å²) < 4.78 is 12.8. The van der Waals surface area contributed by atoms with Crippen LogP contribution in [0.2, 0.25) is 0 Å². The van der Waals surface area contributed by atoms with Gasteiger partial charge in [0.15, 0.2) is 0 Å². The fraction of sp³-hybridized carbons (Fsp3) is 0.222. The lowest BCUT2D eigenvalue weighted by Gasteiger charge is -2.12. The lowest BCUT2D eigenvalue weighted by atomic mass is 10.1. The number of hydrogen-bond donors (Lipinski definition) is 3. The zero-order chi connectivity index (χ0) is 16.9. The van der Waals surface area contributed by atoms with Crippen molar-refractivity contribution in [2.75, 3.05) is 17.2 Å². The van der Waals surface area contributed by atoms with Gasteiger partial charge in [-0.2, -0.15) is 0 Å². The summed E-state index contributed by atoms with van der Waals surface area (Å²) in [6.07, 6.45) is 2.03. The molecule has 0 spiro atoms. The van der Waals surface area contributed by atoms with Gasteiger partial charge in [-0.05, 0) is 49.2 Å². The second-order valence-electron chi connectivity index (χ2n) is 5.70. The van der Waals surface area contributed by atoms with E-state index in [0.29, 0.717) is 16.9 Å². The number of amides is 2. The minimum atomic E-state index is -0.360. The Morgan fingerprint density at radius 3 is 2.46 bits per heavy atom. The average Bonchev–Trinajstić information content (AvgIpc) is 3.39. The number of para-hydroxylation sites is 1. The van der Waals surface area contributed by atoms with E-state index >= 15 is 0 Å². The third kappa shape index (κ3) is 4.32. The Kier molecular flexibility index (Phi) is 4.74. The van der Waals surface area contributed by atoms with E-state index in [2.05, 4.69) is 16.0 Å². The summed E-state index contributed by atoms with van der Waals surface area (Å²) in [5, 5.41) is 8.56. The van der Waals surface area contributed by atoms with Gasteiger partial charge in [0.25, 0.3) is 5.91 Å². The maximum absolute atomic E-state index is 12.8. The highest BCUT2D eigenvalue weighted by Crippen LogP contribution is 2.21. The number of anilines is 2. The first kappa shape index (κ1) is 16.0. The molecule has 2 amide bonds. The van der Waals surface area contributed by atoms with Gasteiger partial charge >= 0.3 is 0 Å². The maximum Gasteiger partial charge on any atom is 0.253 e. The van der Waals surface area contributed by atoms with Crippen LogP contribution < -0.4 is 16.0 Å². The van der Waals surface area contributed by atoms with Crippen LogP contribution in [0, 0.1) is 5.82 Å². The zero-order valence-corrected chi connectivity index (χ0v) is 13.0. The van der Waals surface area contributed by atoms with Crippen molar-refractivity contribution in [1.82, 2.24) is 5.32 Å². The van der Waals surface area contributed by atoms with E-state index in [4.69, 9.17) is 0 Å². The molecule has 0 radical (unpaired) electrons. The van der Waals surface area contributed by atoms with Crippen molar-refractivity contribution in [1.29, 1.82) is 0 Å². The van der Waals surface area contributed by atoms with Crippen LogP contribution >= 0.6 is 0 Å². The van der Waals surface area contributed by atoms with Crippen LogP contribution in [0.25, 0.3) is 0 Å². The van der Waals surface area contributed by atoms with Crippen LogP contribution in [0.5, 0.6) is 0 Å². The van der Waals surface area contributed by atoms with E-state index in [1.165, 1.54) is 24.3 Å². The van der Waals surface area contributed by atoms with Gasteiger partial charge in [-0.25, -0.2) is 4.39 Å². The van der Waals surface area contributed by atoms with E-state index in [1.54, 1.807) is 24.3 Å². The summed E-state index contributed by atoms with van der Waals surface area (Å²) in [6, 6.07) is 12.9. The third-order valence-corrected chi connectivity index (χ3v) is 3.65. The first-order chi connectivity index (χ1) is 11.6. The molecular weight excluding hydrogens is 309 g/mol. The molecule has 0 aromatic heterocycles. The van der Waals surface area contributed by atoms with Gasteiger partial charge in [0, 0.05) is 17.4 Å². The molecule has 2 aromatic carbocycles. The SMILES string of the molecule is O=C(CNc1ccccc1C(=O)NC1CC1)Nc1ccc(F)cc1. The van der Waals surface area contributed by atoms with Crippen LogP contribution in [-0.4, -0.2) is 24.4 Å². The second kappa shape index (κ2) is 7.12. The van der Waals surface area contributed by atoms with Gasteiger partial charge in [0.1, 0.15) is 5.82 Å². The lowest BCUT2D eigenvalue weighted by Crippen LogP contribution is -2.27. The standard InChI is InChI=1S/C18H18FN3O2/c19-12-5-7-13(8-6-12)21-17(23)11-20-16-4-2-1-3-15(16)18(24)22-14-9-10-14/h1-8,14,20H,9-11H2,(H,21,23)(H,22,24). The smallest absolute Gasteiger partial charge is 0.253 e. The van der Waals surface area contributed by atoms with Crippen molar-refractivity contribution in [2.45, 2.75) is 18.9 Å². The molecule has 0 bridgehead atoms. The first-order valence-electron chi connectivity index (χ1n) is 7.81. The summed E-state index contributed by atoms with van der Waals surface area (Å²) >= 11 is 0. The monoisotopic (exact) mass is 327 g/mol. The summed E-state index contributed by atoms with van der Waals surface area (Å²) in [5.41, 5.74) is 1.63. The molecule has 124 valence electrons. The van der Waals surface area contributed by atoms with E-state index in [-0.39, 0.29) is 30.2 Å². The Morgan fingerprint density at radius 1 is 1.04 bits per heavy atom. The normalized spacial score (nSPS) is 13.2. The Balaban J connectivity index is 1.58. The molecular formula is C18H18FN3O2. The predicted octanol–water partition coefficient (Wildman–Crippen LogP) is 2.77. The van der Waals surface area contributed by atoms with E-state index in [0.717, 1.165) is 12.8 Å². The van der Waals surface area contributed by atoms with Crippen molar-refractivity contribution < 1.29 is 14.0 Å². The van der Waals surface area contributed by atoms with Gasteiger partial charge in [0.2, 0.25) is 5.91 Å². The molecule has 0 unspecified atom stereocenters. The van der Waals surface area contributed by atoms with Crippen molar-refractivity contribution in [3.05, 3.63) is 59.9 Å². The van der Waals surface area contributed by atoms with Gasteiger partial charge < -0.3 is 16.0 Å². The molecule has 0 atom stereocenters. The van der Waals surface area contributed by atoms with Crippen molar-refractivity contribution in [2.24, 2.45) is 0 Å². The number of rotatable bonds is 6. The second-order valence-corrected chi connectivity index (χ2v) is 5.70. The van der Waals surface area contributed by atoms with E-state index in [1.807, 2.05) is 0 Å². The van der Waals surface area contributed by atoms with Gasteiger partial charge in [-0.1, -0.05) is 12.1 Å². The van der Waals surface area contributed by atoms with Crippen molar-refractivity contribution in [3.8, 4) is 0 Å². The maximum atomic E-state index is 12.8. The van der Waals surface area contributed by atoms with Crippen LogP contribution in [-0.2, 0) is 4.79 Å². The van der Waals surface area contributed by atoms with E-state index < -0.39 is 0 Å². The molecule has 3 rings (SSSR count). The number of carbonyl (C=O) groups is 2. The molecule has 24 heavy (non-hydrogen) atoms. The van der Waals surface area contributed by atoms with Crippen molar-refractivity contribution in [3.63, 3.8) is 0 Å². The van der Waals surface area contributed by atoms with Crippen LogP contribution in [0.3, 0.4) is 0 Å². The number of halogens is 1. The van der Waals surface area contributed by atoms with Crippen LogP contribution in [0.15, 0.2) is 48.5 Å². The molecule has 6 heteroatoms. The topological polar surface area (TPSA) is 70.2 Å². The highest BCUT2D eigenvalue weighted by Gasteiger charge is 2.24. The summed E-state index contributed by atoms with van der Waals surface area (Å²) in [6.45, 7) is 0.00506. The number of hydrogen-bond acceptors (Lipinski definition) is 3. The molecule has 1 fully saturated rings. The number of carbonyl (C=O) groups excluding carboxylic acids is 2. The molecule has 1 aliphatic rings. The van der Waals surface area contributed by atoms with Gasteiger partial charge in [-0.15, -0.1) is 0 Å². The molecule has 0 aliphatic heterocycles. The summed E-state index contributed by atoms with van der Waals surface area (Å²) in [5.74, 6) is -0.778. The highest BCUT2D eigenvalue weighted by molar-refractivity contribution is 6.01. The number of nitrogens with one attached hydrogen (secondary N) is 3. The van der Waals surface area contributed by atoms with Crippen molar-refractivity contribution >= 4 is 23.2 Å². The predicted molar refractivity (Wildman–Crippen MR) is 90.4 cm³/mol. The van der Waals surface area contributed by atoms with Gasteiger partial charge in [0.05, 0.1) is 12.1 Å². The molecule has 0 heterocycles. The zero-order valence-electron chi connectivity index (χ0n) is 13.0. The lowest BCUT2D eigenvalue weighted by molar-refractivity contribution is -0.114. The average molecular weight is 327 g/mol. The molecule has 3 N–H and O–H groups in total. The molecule has 5 nitrogen and oxygen atoms in total. The number of benzene rings is 2. The summed E-state index contributed by atoms with van der Waals surface area (Å²) in [4.78, 5) is 24.2.